The van der Waals surface area contributed by atoms with Crippen LogP contribution in [0.3, 0.4) is 0 Å². The number of ether oxygens (including phenoxy) is 13. The van der Waals surface area contributed by atoms with Gasteiger partial charge in [-0.25, -0.2) is 0 Å². The number of aliphatic hydroxyl groups excluding tert-OH is 1. The highest BCUT2D eigenvalue weighted by molar-refractivity contribution is 5.31. The maximum atomic E-state index is 8.59. The van der Waals surface area contributed by atoms with Crippen molar-refractivity contribution < 1.29 is 66.7 Å². The third kappa shape index (κ3) is 33.8. The van der Waals surface area contributed by atoms with Crippen molar-refractivity contribution in [1.82, 2.24) is 0 Å². The molecule has 14 heteroatoms. The molecule has 54 heavy (non-hydrogen) atoms. The molecule has 0 spiro atoms. The van der Waals surface area contributed by atoms with Crippen LogP contribution < -0.4 is 4.74 Å². The monoisotopic (exact) mass is 779 g/mol. The number of hydrogen-bond acceptors (Lipinski definition) is 14. The summed E-state index contributed by atoms with van der Waals surface area (Å²) in [7, 11) is 0. The zero-order chi connectivity index (χ0) is 39.3. The molecular weight excluding hydrogens is 704 g/mol. The molecule has 1 rings (SSSR count). The minimum atomic E-state index is 0.0236. The quantitative estimate of drug-likeness (QED) is 0.0960. The van der Waals surface area contributed by atoms with E-state index >= 15 is 0 Å². The SMILES string of the molecule is CC(C)(C)CC(C)(C)c1ccc(OCCOCCOCCOCCOCCOCCOCCOCCOCCOCCOCCOCCOCCO)cc1. The fourth-order valence-corrected chi connectivity index (χ4v) is 5.23. The van der Waals surface area contributed by atoms with Gasteiger partial charge in [-0.15, -0.1) is 0 Å². The van der Waals surface area contributed by atoms with Gasteiger partial charge >= 0.3 is 0 Å². The second kappa shape index (κ2) is 35.9. The molecule has 0 saturated heterocycles. The largest absolute Gasteiger partial charge is 0.491 e. The molecule has 0 bridgehead atoms. The normalized spacial score (nSPS) is 12.2. The zero-order valence-corrected chi connectivity index (χ0v) is 34.2. The van der Waals surface area contributed by atoms with E-state index in [1.54, 1.807) is 0 Å². The van der Waals surface area contributed by atoms with Gasteiger partial charge in [0.2, 0.25) is 0 Å². The molecule has 1 aromatic rings. The van der Waals surface area contributed by atoms with Gasteiger partial charge in [-0.2, -0.15) is 0 Å². The molecule has 0 aliphatic heterocycles. The number of rotatable bonds is 41. The lowest BCUT2D eigenvalue weighted by atomic mass is 9.72. The van der Waals surface area contributed by atoms with Crippen molar-refractivity contribution in [2.45, 2.75) is 46.5 Å². The molecular formula is C40H74O14. The number of benzene rings is 1. The van der Waals surface area contributed by atoms with Gasteiger partial charge in [0.15, 0.2) is 0 Å². The van der Waals surface area contributed by atoms with Crippen LogP contribution in [0.25, 0.3) is 0 Å². The summed E-state index contributed by atoms with van der Waals surface area (Å²) in [5, 5.41) is 8.59. The molecule has 0 heterocycles. The van der Waals surface area contributed by atoms with Crippen LogP contribution in [0.4, 0.5) is 0 Å². The second-order valence-corrected chi connectivity index (χ2v) is 14.1. The van der Waals surface area contributed by atoms with Crippen molar-refractivity contribution in [3.8, 4) is 5.75 Å². The van der Waals surface area contributed by atoms with Gasteiger partial charge in [-0.05, 0) is 34.9 Å². The van der Waals surface area contributed by atoms with Gasteiger partial charge < -0.3 is 66.7 Å². The van der Waals surface area contributed by atoms with E-state index in [-0.39, 0.29) is 17.4 Å². The molecule has 318 valence electrons. The Hall–Kier alpha value is -1.50. The lowest BCUT2D eigenvalue weighted by Gasteiger charge is -2.33. The van der Waals surface area contributed by atoms with Gasteiger partial charge in [-0.1, -0.05) is 46.8 Å². The summed E-state index contributed by atoms with van der Waals surface area (Å²) in [4.78, 5) is 0. The van der Waals surface area contributed by atoms with Gasteiger partial charge in [0.25, 0.3) is 0 Å². The fraction of sp³-hybridized carbons (Fsp3) is 0.850. The van der Waals surface area contributed by atoms with E-state index in [0.29, 0.717) is 165 Å². The van der Waals surface area contributed by atoms with Crippen molar-refractivity contribution in [3.05, 3.63) is 29.8 Å². The lowest BCUT2D eigenvalue weighted by Crippen LogP contribution is -2.24. The van der Waals surface area contributed by atoms with Crippen LogP contribution >= 0.6 is 0 Å². The molecule has 0 amide bonds. The highest BCUT2D eigenvalue weighted by Crippen LogP contribution is 2.36. The van der Waals surface area contributed by atoms with Crippen LogP contribution in [0.1, 0.15) is 46.6 Å². The molecule has 0 saturated carbocycles. The molecule has 0 radical (unpaired) electrons. The summed E-state index contributed by atoms with van der Waals surface area (Å²) in [6.45, 7) is 23.9. The van der Waals surface area contributed by atoms with E-state index in [0.717, 1.165) is 12.2 Å². The number of aliphatic hydroxyl groups is 1. The standard InChI is InChI=1S/C40H74O14/c1-39(2,3)36-40(4,5)37-6-8-38(9-7-37)54-35-34-53-33-32-52-31-30-51-29-28-50-27-26-49-25-24-48-23-22-47-21-20-46-19-18-45-17-16-44-15-14-43-13-12-42-11-10-41/h6-9,41H,10-36H2,1-5H3. The Morgan fingerprint density at radius 2 is 0.593 bits per heavy atom. The Morgan fingerprint density at radius 3 is 0.833 bits per heavy atom. The Balaban J connectivity index is 1.71. The molecule has 0 atom stereocenters. The van der Waals surface area contributed by atoms with Crippen molar-refractivity contribution >= 4 is 0 Å². The van der Waals surface area contributed by atoms with Crippen molar-refractivity contribution in [3.63, 3.8) is 0 Å². The molecule has 1 N–H and O–H groups in total. The molecule has 0 aromatic heterocycles. The predicted octanol–water partition coefficient (Wildman–Crippen LogP) is 3.97. The van der Waals surface area contributed by atoms with Gasteiger partial charge in [0.1, 0.15) is 12.4 Å². The average Bonchev–Trinajstić information content (AvgIpc) is 3.13. The van der Waals surface area contributed by atoms with Gasteiger partial charge in [0.05, 0.1) is 165 Å². The summed E-state index contributed by atoms with van der Waals surface area (Å²) < 4.78 is 71.3. The molecule has 0 fully saturated rings. The first-order valence-corrected chi connectivity index (χ1v) is 19.5. The van der Waals surface area contributed by atoms with Gasteiger partial charge in [-0.3, -0.25) is 0 Å². The topological polar surface area (TPSA) is 140 Å². The zero-order valence-electron chi connectivity index (χ0n) is 34.2. The highest BCUT2D eigenvalue weighted by Gasteiger charge is 2.27. The van der Waals surface area contributed by atoms with E-state index in [9.17, 15) is 0 Å². The summed E-state index contributed by atoms with van der Waals surface area (Å²) in [5.74, 6) is 0.858. The number of hydrogen-bond donors (Lipinski definition) is 1. The lowest BCUT2D eigenvalue weighted by molar-refractivity contribution is -0.0287. The van der Waals surface area contributed by atoms with Crippen LogP contribution in [0.15, 0.2) is 24.3 Å². The maximum Gasteiger partial charge on any atom is 0.119 e. The molecule has 0 aliphatic rings. The summed E-state index contributed by atoms with van der Waals surface area (Å²) >= 11 is 0. The van der Waals surface area contributed by atoms with Crippen LogP contribution in [-0.2, 0) is 62.3 Å². The molecule has 0 aliphatic carbocycles. The van der Waals surface area contributed by atoms with Crippen LogP contribution in [0.5, 0.6) is 5.75 Å². The van der Waals surface area contributed by atoms with E-state index in [4.69, 9.17) is 66.7 Å². The minimum absolute atomic E-state index is 0.0236. The van der Waals surface area contributed by atoms with Gasteiger partial charge in [0, 0.05) is 0 Å². The Bertz CT molecular complexity index is 913. The van der Waals surface area contributed by atoms with Crippen LogP contribution in [0.2, 0.25) is 0 Å². The smallest absolute Gasteiger partial charge is 0.119 e. The Kier molecular flexibility index (Phi) is 33.6. The fourth-order valence-electron chi connectivity index (χ4n) is 5.23. The first-order valence-electron chi connectivity index (χ1n) is 19.5. The molecule has 1 aromatic carbocycles. The van der Waals surface area contributed by atoms with E-state index in [1.807, 2.05) is 12.1 Å². The van der Waals surface area contributed by atoms with E-state index in [1.165, 1.54) is 5.56 Å². The first kappa shape index (κ1) is 50.5. The predicted molar refractivity (Wildman–Crippen MR) is 206 cm³/mol. The molecule has 0 unspecified atom stereocenters. The average molecular weight is 779 g/mol. The minimum Gasteiger partial charge on any atom is -0.491 e. The van der Waals surface area contributed by atoms with E-state index < -0.39 is 0 Å². The summed E-state index contributed by atoms with van der Waals surface area (Å²) in [6, 6.07) is 8.42. The first-order chi connectivity index (χ1) is 26.2. The van der Waals surface area contributed by atoms with E-state index in [2.05, 4.69) is 46.8 Å². The third-order valence-electron chi connectivity index (χ3n) is 7.43. The second-order valence-electron chi connectivity index (χ2n) is 14.1. The Labute approximate surface area is 325 Å². The third-order valence-corrected chi connectivity index (χ3v) is 7.43. The van der Waals surface area contributed by atoms with Crippen LogP contribution in [-0.4, -0.2) is 177 Å². The van der Waals surface area contributed by atoms with Crippen molar-refractivity contribution in [2.75, 3.05) is 172 Å². The summed E-state index contributed by atoms with van der Waals surface area (Å²) in [5.41, 5.74) is 1.73. The van der Waals surface area contributed by atoms with Crippen molar-refractivity contribution in [1.29, 1.82) is 0 Å². The maximum absolute atomic E-state index is 8.59. The highest BCUT2D eigenvalue weighted by atomic mass is 16.6. The molecule has 14 nitrogen and oxygen atoms in total. The van der Waals surface area contributed by atoms with Crippen molar-refractivity contribution in [2.24, 2.45) is 5.41 Å². The summed E-state index contributed by atoms with van der Waals surface area (Å²) in [6.07, 6.45) is 1.12. The van der Waals surface area contributed by atoms with Crippen LogP contribution in [0, 0.1) is 5.41 Å². The Morgan fingerprint density at radius 1 is 0.352 bits per heavy atom.